The van der Waals surface area contributed by atoms with Gasteiger partial charge in [0.05, 0.1) is 19.1 Å². The summed E-state index contributed by atoms with van der Waals surface area (Å²) in [5.41, 5.74) is 8.02. The summed E-state index contributed by atoms with van der Waals surface area (Å²) in [7, 11) is 2.80. The smallest absolute Gasteiger partial charge is 0.322 e. The van der Waals surface area contributed by atoms with Gasteiger partial charge in [-0.15, -0.1) is 0 Å². The highest BCUT2D eigenvalue weighted by Crippen LogP contribution is 2.30. The van der Waals surface area contributed by atoms with Crippen molar-refractivity contribution >= 4 is 11.7 Å². The zero-order valence-electron chi connectivity index (χ0n) is 15.4. The molecule has 0 bridgehead atoms. The van der Waals surface area contributed by atoms with Gasteiger partial charge in [-0.25, -0.2) is 0 Å². The minimum absolute atomic E-state index is 0.0643. The number of esters is 1. The molecule has 8 heteroatoms. The van der Waals surface area contributed by atoms with E-state index >= 15 is 0 Å². The van der Waals surface area contributed by atoms with Gasteiger partial charge in [-0.3, -0.25) is 14.9 Å². The number of carbonyl (C=O) groups is 1. The SMILES string of the molecule is COC(=O)C(N)Cc1ccc(OC)c(COc2cc(C)ccc2[N+](=O)[O-])c1. The minimum Gasteiger partial charge on any atom is -0.496 e. The second kappa shape index (κ2) is 9.00. The van der Waals surface area contributed by atoms with Gasteiger partial charge < -0.3 is 19.9 Å². The number of hydrogen-bond donors (Lipinski definition) is 1. The Morgan fingerprint density at radius 1 is 1.19 bits per heavy atom. The molecular weight excluding hydrogens is 352 g/mol. The number of rotatable bonds is 8. The Balaban J connectivity index is 2.23. The standard InChI is InChI=1S/C19H22N2O6/c1-12-4-6-16(21(23)24)18(8-12)27-11-14-9-13(5-7-17(14)25-2)10-15(20)19(22)26-3/h4-9,15H,10-11,20H2,1-3H3. The van der Waals surface area contributed by atoms with Crippen LogP contribution in [-0.2, 0) is 22.6 Å². The molecule has 0 aromatic heterocycles. The molecule has 0 aliphatic heterocycles. The van der Waals surface area contributed by atoms with E-state index in [1.54, 1.807) is 30.3 Å². The zero-order valence-corrected chi connectivity index (χ0v) is 15.4. The van der Waals surface area contributed by atoms with E-state index in [0.717, 1.165) is 11.1 Å². The van der Waals surface area contributed by atoms with Crippen LogP contribution in [0.4, 0.5) is 5.69 Å². The van der Waals surface area contributed by atoms with Crippen LogP contribution >= 0.6 is 0 Å². The molecule has 1 unspecified atom stereocenters. The van der Waals surface area contributed by atoms with Gasteiger partial charge in [0.2, 0.25) is 0 Å². The lowest BCUT2D eigenvalue weighted by molar-refractivity contribution is -0.386. The summed E-state index contributed by atoms with van der Waals surface area (Å²) in [4.78, 5) is 22.2. The quantitative estimate of drug-likeness (QED) is 0.429. The first-order chi connectivity index (χ1) is 12.8. The fourth-order valence-corrected chi connectivity index (χ4v) is 2.60. The van der Waals surface area contributed by atoms with Crippen LogP contribution in [0.25, 0.3) is 0 Å². The second-order valence-electron chi connectivity index (χ2n) is 6.00. The normalized spacial score (nSPS) is 11.6. The molecule has 0 radical (unpaired) electrons. The van der Waals surface area contributed by atoms with E-state index in [-0.39, 0.29) is 24.5 Å². The van der Waals surface area contributed by atoms with E-state index < -0.39 is 16.9 Å². The van der Waals surface area contributed by atoms with Gasteiger partial charge in [-0.1, -0.05) is 12.1 Å². The number of methoxy groups -OCH3 is 2. The fraction of sp³-hybridized carbons (Fsp3) is 0.316. The van der Waals surface area contributed by atoms with Crippen molar-refractivity contribution in [2.45, 2.75) is 26.0 Å². The first-order valence-corrected chi connectivity index (χ1v) is 8.22. The van der Waals surface area contributed by atoms with Crippen LogP contribution in [0.1, 0.15) is 16.7 Å². The van der Waals surface area contributed by atoms with Crippen LogP contribution in [0.3, 0.4) is 0 Å². The van der Waals surface area contributed by atoms with Crippen LogP contribution < -0.4 is 15.2 Å². The van der Waals surface area contributed by atoms with E-state index in [0.29, 0.717) is 11.3 Å². The molecule has 2 aromatic carbocycles. The molecule has 2 rings (SSSR count). The molecule has 8 nitrogen and oxygen atoms in total. The fourth-order valence-electron chi connectivity index (χ4n) is 2.60. The van der Waals surface area contributed by atoms with E-state index in [2.05, 4.69) is 4.74 Å². The molecule has 0 spiro atoms. The molecule has 2 aromatic rings. The molecule has 144 valence electrons. The summed E-state index contributed by atoms with van der Waals surface area (Å²) >= 11 is 0. The summed E-state index contributed by atoms with van der Waals surface area (Å²) < 4.78 is 15.7. The van der Waals surface area contributed by atoms with Crippen molar-refractivity contribution in [3.8, 4) is 11.5 Å². The highest BCUT2D eigenvalue weighted by Gasteiger charge is 2.18. The Morgan fingerprint density at radius 2 is 1.93 bits per heavy atom. The molecule has 0 aliphatic carbocycles. The second-order valence-corrected chi connectivity index (χ2v) is 6.00. The summed E-state index contributed by atoms with van der Waals surface area (Å²) in [5, 5.41) is 11.2. The third kappa shape index (κ3) is 5.18. The zero-order chi connectivity index (χ0) is 20.0. The maximum absolute atomic E-state index is 11.5. The first-order valence-electron chi connectivity index (χ1n) is 8.22. The molecule has 2 N–H and O–H groups in total. The first kappa shape index (κ1) is 20.2. The largest absolute Gasteiger partial charge is 0.496 e. The van der Waals surface area contributed by atoms with Crippen LogP contribution in [0.5, 0.6) is 11.5 Å². The number of nitrogens with two attached hydrogens (primary N) is 1. The van der Waals surface area contributed by atoms with Crippen LogP contribution in [0.15, 0.2) is 36.4 Å². The molecule has 0 amide bonds. The lowest BCUT2D eigenvalue weighted by atomic mass is 10.0. The lowest BCUT2D eigenvalue weighted by Gasteiger charge is -2.14. The monoisotopic (exact) mass is 374 g/mol. The summed E-state index contributed by atoms with van der Waals surface area (Å²) in [5.74, 6) is 0.249. The molecule has 0 aliphatic rings. The molecule has 0 fully saturated rings. The number of carbonyl (C=O) groups excluding carboxylic acids is 1. The van der Waals surface area contributed by atoms with Gasteiger partial charge in [0.1, 0.15) is 18.4 Å². The Morgan fingerprint density at radius 3 is 2.56 bits per heavy atom. The number of benzene rings is 2. The highest BCUT2D eigenvalue weighted by molar-refractivity contribution is 5.75. The topological polar surface area (TPSA) is 114 Å². The van der Waals surface area contributed by atoms with E-state index in [4.69, 9.17) is 15.2 Å². The van der Waals surface area contributed by atoms with Gasteiger partial charge >= 0.3 is 11.7 Å². The lowest BCUT2D eigenvalue weighted by Crippen LogP contribution is -2.33. The predicted octanol–water partition coefficient (Wildman–Crippen LogP) is 2.53. The van der Waals surface area contributed by atoms with Crippen molar-refractivity contribution in [3.05, 3.63) is 63.2 Å². The predicted molar refractivity (Wildman–Crippen MR) is 98.9 cm³/mol. The third-order valence-electron chi connectivity index (χ3n) is 4.00. The Hall–Kier alpha value is -3.13. The summed E-state index contributed by atoms with van der Waals surface area (Å²) in [6.07, 6.45) is 0.286. The van der Waals surface area contributed by atoms with Crippen LogP contribution in [0, 0.1) is 17.0 Å². The van der Waals surface area contributed by atoms with Crippen molar-refractivity contribution in [3.63, 3.8) is 0 Å². The molecule has 27 heavy (non-hydrogen) atoms. The molecule has 0 saturated carbocycles. The molecule has 1 atom stereocenters. The van der Waals surface area contributed by atoms with Crippen molar-refractivity contribution in [2.24, 2.45) is 5.73 Å². The Bertz CT molecular complexity index is 837. The highest BCUT2D eigenvalue weighted by atomic mass is 16.6. The third-order valence-corrected chi connectivity index (χ3v) is 4.00. The van der Waals surface area contributed by atoms with Gasteiger partial charge in [-0.2, -0.15) is 0 Å². The molecule has 0 saturated heterocycles. The van der Waals surface area contributed by atoms with Gasteiger partial charge in [0.25, 0.3) is 0 Å². The molecule has 0 heterocycles. The number of hydrogen-bond acceptors (Lipinski definition) is 7. The minimum atomic E-state index is -0.782. The van der Waals surface area contributed by atoms with Gasteiger partial charge in [0.15, 0.2) is 5.75 Å². The van der Waals surface area contributed by atoms with Gasteiger partial charge in [0, 0.05) is 11.6 Å². The van der Waals surface area contributed by atoms with Crippen molar-refractivity contribution in [1.82, 2.24) is 0 Å². The average Bonchev–Trinajstić information content (AvgIpc) is 2.65. The average molecular weight is 374 g/mol. The number of aryl methyl sites for hydroxylation is 1. The van der Waals surface area contributed by atoms with Crippen LogP contribution in [0.2, 0.25) is 0 Å². The summed E-state index contributed by atoms with van der Waals surface area (Å²) in [6.45, 7) is 1.89. The Labute approximate surface area is 157 Å². The van der Waals surface area contributed by atoms with Gasteiger partial charge in [-0.05, 0) is 42.7 Å². The van der Waals surface area contributed by atoms with Crippen molar-refractivity contribution in [2.75, 3.05) is 14.2 Å². The van der Waals surface area contributed by atoms with Crippen molar-refractivity contribution < 1.29 is 23.9 Å². The Kier molecular flexibility index (Phi) is 6.73. The number of ether oxygens (including phenoxy) is 3. The number of nitro groups is 1. The number of nitro benzene ring substituents is 1. The number of nitrogens with zero attached hydrogens (tertiary/aromatic N) is 1. The van der Waals surface area contributed by atoms with Crippen LogP contribution in [-0.4, -0.2) is 31.2 Å². The van der Waals surface area contributed by atoms with E-state index in [9.17, 15) is 14.9 Å². The maximum Gasteiger partial charge on any atom is 0.322 e. The van der Waals surface area contributed by atoms with Crippen molar-refractivity contribution in [1.29, 1.82) is 0 Å². The van der Waals surface area contributed by atoms with E-state index in [1.807, 2.05) is 6.92 Å². The summed E-state index contributed by atoms with van der Waals surface area (Å²) in [6, 6.07) is 9.22. The maximum atomic E-state index is 11.5. The molecular formula is C19H22N2O6. The van der Waals surface area contributed by atoms with E-state index in [1.165, 1.54) is 20.3 Å².